The highest BCUT2D eigenvalue weighted by atomic mass is 16.3. The smallest absolute Gasteiger partial charge is 0.164 e. The van der Waals surface area contributed by atoms with Gasteiger partial charge in [-0.15, -0.1) is 0 Å². The van der Waals surface area contributed by atoms with E-state index in [-0.39, 0.29) is 0 Å². The summed E-state index contributed by atoms with van der Waals surface area (Å²) in [5, 5.41) is 6.19. The van der Waals surface area contributed by atoms with Crippen molar-refractivity contribution >= 4 is 71.3 Å². The first kappa shape index (κ1) is 43.6. The van der Waals surface area contributed by atoms with Crippen LogP contribution in [0.1, 0.15) is 5.82 Å². The van der Waals surface area contributed by atoms with Crippen LogP contribution in [0.4, 0.5) is 0 Å². The van der Waals surface area contributed by atoms with Crippen LogP contribution in [-0.4, -0.2) is 19.5 Å². The van der Waals surface area contributed by atoms with Gasteiger partial charge in [-0.25, -0.2) is 15.0 Å². The zero-order valence-electron chi connectivity index (χ0n) is 40.6. The Bertz CT molecular complexity index is 4480. The highest BCUT2D eigenvalue weighted by molar-refractivity contribution is 6.29. The molecule has 0 aliphatic heterocycles. The van der Waals surface area contributed by atoms with Crippen LogP contribution >= 0.6 is 0 Å². The molecule has 352 valence electrons. The maximum atomic E-state index is 7.04. The average molecular weight is 961 g/mol. The SMILES string of the molecule is C=C/C=C(\C=C)c1nc(-c2ccccc2)nc(-c2cc(-c3ccc(-c4ccccc4)cc3)c(-n3c4ccccc4c4c5oc6ccc7c8ccccc8oc7c6c5ccc43)c(-c3ccc(-c4ccccc4)cc3)c2)n1. The Morgan fingerprint density at radius 3 is 1.52 bits per heavy atom. The predicted molar refractivity (Wildman–Crippen MR) is 310 cm³/mol. The third kappa shape index (κ3) is 7.30. The van der Waals surface area contributed by atoms with Crippen LogP contribution in [0.3, 0.4) is 0 Å². The van der Waals surface area contributed by atoms with Gasteiger partial charge >= 0.3 is 0 Å². The number of hydrogen-bond donors (Lipinski definition) is 0. The lowest BCUT2D eigenvalue weighted by Gasteiger charge is -2.21. The summed E-state index contributed by atoms with van der Waals surface area (Å²) in [6, 6.07) is 78.8. The van der Waals surface area contributed by atoms with E-state index >= 15 is 0 Å². The number of nitrogens with zero attached hydrogens (tertiary/aromatic N) is 4. The number of benzene rings is 10. The van der Waals surface area contributed by atoms with Crippen molar-refractivity contribution in [2.75, 3.05) is 0 Å². The zero-order valence-corrected chi connectivity index (χ0v) is 40.6. The Morgan fingerprint density at radius 2 is 0.893 bits per heavy atom. The molecule has 0 spiro atoms. The molecular formula is C69H44N4O2. The van der Waals surface area contributed by atoms with Crippen molar-refractivity contribution in [3.63, 3.8) is 0 Å². The van der Waals surface area contributed by atoms with Gasteiger partial charge in [0.2, 0.25) is 0 Å². The normalized spacial score (nSPS) is 11.9. The summed E-state index contributed by atoms with van der Waals surface area (Å²) in [4.78, 5) is 15.5. The fourth-order valence-corrected chi connectivity index (χ4v) is 10.9. The summed E-state index contributed by atoms with van der Waals surface area (Å²) in [6.07, 6.45) is 5.37. The largest absolute Gasteiger partial charge is 0.455 e. The topological polar surface area (TPSA) is 69.9 Å². The molecule has 4 heterocycles. The van der Waals surface area contributed by atoms with Crippen LogP contribution in [0.5, 0.6) is 0 Å². The van der Waals surface area contributed by atoms with E-state index in [4.69, 9.17) is 23.8 Å². The fraction of sp³-hybridized carbons (Fsp3) is 0. The highest BCUT2D eigenvalue weighted by Gasteiger charge is 2.26. The number of allylic oxidation sites excluding steroid dienone is 4. The summed E-state index contributed by atoms with van der Waals surface area (Å²) in [5.41, 5.74) is 17.3. The molecule has 0 aliphatic rings. The van der Waals surface area contributed by atoms with Gasteiger partial charge in [0.15, 0.2) is 17.5 Å². The number of furan rings is 2. The summed E-state index contributed by atoms with van der Waals surface area (Å²) < 4.78 is 16.1. The van der Waals surface area contributed by atoms with Gasteiger partial charge in [0.1, 0.15) is 22.3 Å². The van der Waals surface area contributed by atoms with Crippen molar-refractivity contribution in [3.8, 4) is 73.0 Å². The number of rotatable bonds is 10. The van der Waals surface area contributed by atoms with Crippen molar-refractivity contribution in [2.45, 2.75) is 0 Å². The third-order valence-electron chi connectivity index (χ3n) is 14.4. The third-order valence-corrected chi connectivity index (χ3v) is 14.4. The van der Waals surface area contributed by atoms with Gasteiger partial charge in [0.25, 0.3) is 0 Å². The molecule has 10 aromatic carbocycles. The Labute approximate surface area is 432 Å². The minimum Gasteiger partial charge on any atom is -0.455 e. The Hall–Kier alpha value is -10.2. The summed E-state index contributed by atoms with van der Waals surface area (Å²) in [5.74, 6) is 1.57. The van der Waals surface area contributed by atoms with Crippen molar-refractivity contribution < 1.29 is 8.83 Å². The van der Waals surface area contributed by atoms with Gasteiger partial charge in [-0.2, -0.15) is 0 Å². The minimum atomic E-state index is 0.498. The first-order valence-electron chi connectivity index (χ1n) is 25.1. The fourth-order valence-electron chi connectivity index (χ4n) is 10.9. The molecule has 0 amide bonds. The van der Waals surface area contributed by atoms with Crippen LogP contribution in [-0.2, 0) is 0 Å². The molecule has 0 fully saturated rings. The van der Waals surface area contributed by atoms with Crippen LogP contribution in [0.15, 0.2) is 265 Å². The molecule has 0 radical (unpaired) electrons. The number of para-hydroxylation sites is 2. The van der Waals surface area contributed by atoms with Crippen molar-refractivity contribution in [1.82, 2.24) is 19.5 Å². The molecule has 6 heteroatoms. The van der Waals surface area contributed by atoms with Crippen LogP contribution < -0.4 is 0 Å². The number of fused-ring (bicyclic) bond motifs is 11. The van der Waals surface area contributed by atoms with E-state index in [1.165, 1.54) is 0 Å². The molecule has 75 heavy (non-hydrogen) atoms. The Balaban J connectivity index is 1.09. The lowest BCUT2D eigenvalue weighted by atomic mass is 9.91. The van der Waals surface area contributed by atoms with Crippen LogP contribution in [0, 0.1) is 0 Å². The first-order chi connectivity index (χ1) is 37.1. The summed E-state index contributed by atoms with van der Waals surface area (Å²) in [7, 11) is 0. The first-order valence-corrected chi connectivity index (χ1v) is 25.1. The molecule has 0 atom stereocenters. The molecule has 0 aliphatic carbocycles. The molecular weight excluding hydrogens is 917 g/mol. The molecule has 4 aromatic heterocycles. The quantitative estimate of drug-likeness (QED) is 0.128. The second-order valence-electron chi connectivity index (χ2n) is 18.7. The number of hydrogen-bond acceptors (Lipinski definition) is 5. The molecule has 0 saturated carbocycles. The van der Waals surface area contributed by atoms with Crippen molar-refractivity contribution in [2.24, 2.45) is 0 Å². The maximum absolute atomic E-state index is 7.04. The summed E-state index contributed by atoms with van der Waals surface area (Å²) in [6.45, 7) is 8.13. The van der Waals surface area contributed by atoms with Crippen LogP contribution in [0.2, 0.25) is 0 Å². The average Bonchev–Trinajstić information content (AvgIpc) is 4.17. The van der Waals surface area contributed by atoms with Gasteiger partial charge in [-0.1, -0.05) is 207 Å². The molecule has 0 N–H and O–H groups in total. The van der Waals surface area contributed by atoms with E-state index in [0.29, 0.717) is 17.5 Å². The zero-order chi connectivity index (χ0) is 50.0. The number of aromatic nitrogens is 4. The van der Waals surface area contributed by atoms with Gasteiger partial charge in [-0.05, 0) is 81.9 Å². The Morgan fingerprint density at radius 1 is 0.387 bits per heavy atom. The molecule has 14 aromatic rings. The van der Waals surface area contributed by atoms with Crippen molar-refractivity contribution in [1.29, 1.82) is 0 Å². The van der Waals surface area contributed by atoms with Crippen LogP contribution in [0.25, 0.3) is 144 Å². The molecule has 0 saturated heterocycles. The minimum absolute atomic E-state index is 0.498. The van der Waals surface area contributed by atoms with Gasteiger partial charge < -0.3 is 13.4 Å². The van der Waals surface area contributed by atoms with E-state index in [1.807, 2.05) is 48.5 Å². The van der Waals surface area contributed by atoms with E-state index in [2.05, 4.69) is 200 Å². The van der Waals surface area contributed by atoms with Gasteiger partial charge in [0.05, 0.1) is 27.5 Å². The van der Waals surface area contributed by atoms with Gasteiger partial charge in [0, 0.05) is 49.4 Å². The molecule has 0 bridgehead atoms. The molecule has 6 nitrogen and oxygen atoms in total. The predicted octanol–water partition coefficient (Wildman–Crippen LogP) is 18.5. The second-order valence-corrected chi connectivity index (χ2v) is 18.7. The van der Waals surface area contributed by atoms with Crippen molar-refractivity contribution in [3.05, 3.63) is 262 Å². The maximum Gasteiger partial charge on any atom is 0.164 e. The summed E-state index contributed by atoms with van der Waals surface area (Å²) >= 11 is 0. The Kier molecular flexibility index (Phi) is 10.4. The second kappa shape index (κ2) is 17.8. The lowest BCUT2D eigenvalue weighted by molar-refractivity contribution is 0.665. The molecule has 0 unspecified atom stereocenters. The lowest BCUT2D eigenvalue weighted by Crippen LogP contribution is -2.05. The molecule has 14 rings (SSSR count). The van der Waals surface area contributed by atoms with E-state index < -0.39 is 0 Å². The highest BCUT2D eigenvalue weighted by Crippen LogP contribution is 2.48. The standard InChI is InChI=1S/C69H44N4O2/c1-3-18-43(4-2)67-70-68(50-23-12-7-13-24-50)72-69(71-67)51-41-56(48-33-29-46(30-34-48)44-19-8-5-9-20-44)64(57(42-51)49-35-31-47(32-36-49)45-21-10-6-11-22-45)73-58-27-16-14-26-54(58)62-59(73)39-37-55-63-61(75-66(55)62)40-38-53-52-25-15-17-28-60(52)74-65(53)63/h3-42H,1-2H2/b43-18+. The van der Waals surface area contributed by atoms with E-state index in [9.17, 15) is 0 Å². The van der Waals surface area contributed by atoms with E-state index in [0.717, 1.165) is 133 Å². The monoisotopic (exact) mass is 960 g/mol. The van der Waals surface area contributed by atoms with Gasteiger partial charge in [-0.3, -0.25) is 0 Å². The van der Waals surface area contributed by atoms with E-state index in [1.54, 1.807) is 12.2 Å².